The molecule has 0 atom stereocenters. The predicted octanol–water partition coefficient (Wildman–Crippen LogP) is 3.21. The lowest BCUT2D eigenvalue weighted by atomic mass is 9.99. The maximum absolute atomic E-state index is 13.2. The zero-order valence-electron chi connectivity index (χ0n) is 15.9. The van der Waals surface area contributed by atoms with E-state index in [1.165, 1.54) is 0 Å². The molecule has 0 spiro atoms. The molecule has 7 nitrogen and oxygen atoms in total. The Morgan fingerprint density at radius 1 is 0.793 bits per heavy atom. The molecule has 142 valence electrons. The van der Waals surface area contributed by atoms with Crippen molar-refractivity contribution in [3.05, 3.63) is 86.6 Å². The molecule has 0 radical (unpaired) electrons. The molecule has 5 aromatic rings. The average molecular weight is 383 g/mol. The second kappa shape index (κ2) is 6.27. The minimum Gasteiger partial charge on any atom is -0.268 e. The highest BCUT2D eigenvalue weighted by molar-refractivity contribution is 5.95. The zero-order valence-corrected chi connectivity index (χ0v) is 15.9. The summed E-state index contributed by atoms with van der Waals surface area (Å²) in [6.07, 6.45) is 0. The van der Waals surface area contributed by atoms with Gasteiger partial charge < -0.3 is 0 Å². The highest BCUT2D eigenvalue weighted by atomic mass is 16.2. The molecule has 0 aliphatic heterocycles. The van der Waals surface area contributed by atoms with Crippen molar-refractivity contribution in [1.82, 2.24) is 24.6 Å². The maximum Gasteiger partial charge on any atom is 0.350 e. The molecule has 0 aliphatic rings. The molecule has 0 aliphatic carbocycles. The van der Waals surface area contributed by atoms with Gasteiger partial charge in [-0.2, -0.15) is 9.38 Å². The molecular formula is C22H17N5O2. The number of hydrogen-bond donors (Lipinski definition) is 2. The van der Waals surface area contributed by atoms with E-state index in [1.54, 1.807) is 0 Å². The first-order chi connectivity index (χ1) is 14.0. The van der Waals surface area contributed by atoms with Gasteiger partial charge in [-0.25, -0.2) is 14.9 Å². The number of benzene rings is 2. The van der Waals surface area contributed by atoms with E-state index in [-0.39, 0.29) is 5.78 Å². The number of nitrogens with one attached hydrogen (secondary N) is 2. The van der Waals surface area contributed by atoms with E-state index >= 15 is 0 Å². The van der Waals surface area contributed by atoms with Crippen molar-refractivity contribution in [1.29, 1.82) is 0 Å². The van der Waals surface area contributed by atoms with Crippen LogP contribution in [0.4, 0.5) is 0 Å². The van der Waals surface area contributed by atoms with Crippen molar-refractivity contribution in [2.45, 2.75) is 13.8 Å². The second-order valence-electron chi connectivity index (χ2n) is 7.12. The standard InChI is InChI=1S/C22H17N5O2/c1-12-3-7-14(8-4-12)16-11-17(15-9-5-13(2)6-10-15)23-19-18(16)20(28)27-21(24-19)25-26-22(27)29/h3-11H,1-2H3,(H,26,29)(H,23,24,25). The lowest BCUT2D eigenvalue weighted by Gasteiger charge is -2.10. The Hall–Kier alpha value is -4.00. The fraction of sp³-hybridized carbons (Fsp3) is 0.0909. The van der Waals surface area contributed by atoms with Gasteiger partial charge in [-0.1, -0.05) is 59.7 Å². The molecule has 2 N–H and O–H groups in total. The van der Waals surface area contributed by atoms with Gasteiger partial charge in [0.25, 0.3) is 5.56 Å². The van der Waals surface area contributed by atoms with Crippen LogP contribution in [0.15, 0.2) is 64.2 Å². The molecule has 0 unspecified atom stereocenters. The molecule has 3 heterocycles. The Morgan fingerprint density at radius 2 is 1.41 bits per heavy atom. The number of fused-ring (bicyclic) bond motifs is 2. The first kappa shape index (κ1) is 17.1. The van der Waals surface area contributed by atoms with Crippen LogP contribution >= 0.6 is 0 Å². The van der Waals surface area contributed by atoms with Gasteiger partial charge in [-0.3, -0.25) is 9.89 Å². The third-order valence-electron chi connectivity index (χ3n) is 5.04. The van der Waals surface area contributed by atoms with E-state index in [4.69, 9.17) is 0 Å². The summed E-state index contributed by atoms with van der Waals surface area (Å²) in [4.78, 5) is 34.3. The summed E-state index contributed by atoms with van der Waals surface area (Å²) in [6, 6.07) is 17.8. The van der Waals surface area contributed by atoms with Crippen LogP contribution in [0.3, 0.4) is 0 Å². The van der Waals surface area contributed by atoms with E-state index < -0.39 is 11.2 Å². The number of aryl methyl sites for hydroxylation is 2. The SMILES string of the molecule is Cc1ccc(-c2cc(-c3ccc(C)cc3)c3c(=O)n4c(=O)[nH][nH]c4nc3n2)cc1. The first-order valence-corrected chi connectivity index (χ1v) is 9.19. The Morgan fingerprint density at radius 3 is 2.07 bits per heavy atom. The van der Waals surface area contributed by atoms with Gasteiger partial charge in [0, 0.05) is 11.1 Å². The normalized spacial score (nSPS) is 11.4. The number of pyridine rings is 1. The first-order valence-electron chi connectivity index (χ1n) is 9.19. The van der Waals surface area contributed by atoms with Crippen molar-refractivity contribution in [2.75, 3.05) is 0 Å². The molecular weight excluding hydrogens is 366 g/mol. The Labute approximate surface area is 164 Å². The van der Waals surface area contributed by atoms with Crippen LogP contribution in [0.2, 0.25) is 0 Å². The van der Waals surface area contributed by atoms with Gasteiger partial charge in [-0.15, -0.1) is 0 Å². The van der Waals surface area contributed by atoms with Gasteiger partial charge in [-0.05, 0) is 25.5 Å². The Bertz CT molecular complexity index is 1490. The summed E-state index contributed by atoms with van der Waals surface area (Å²) in [5.41, 5.74) is 4.74. The van der Waals surface area contributed by atoms with E-state index in [0.717, 1.165) is 26.7 Å². The highest BCUT2D eigenvalue weighted by Crippen LogP contribution is 2.30. The minimum absolute atomic E-state index is 0.135. The Balaban J connectivity index is 1.91. The van der Waals surface area contributed by atoms with Crippen LogP contribution < -0.4 is 11.2 Å². The van der Waals surface area contributed by atoms with Crippen LogP contribution in [-0.4, -0.2) is 24.6 Å². The van der Waals surface area contributed by atoms with Gasteiger partial charge in [0.1, 0.15) is 0 Å². The number of nitrogens with zero attached hydrogens (tertiary/aromatic N) is 3. The smallest absolute Gasteiger partial charge is 0.268 e. The lowest BCUT2D eigenvalue weighted by Crippen LogP contribution is -2.25. The van der Waals surface area contributed by atoms with Gasteiger partial charge in [0.2, 0.25) is 5.78 Å². The fourth-order valence-electron chi connectivity index (χ4n) is 3.45. The van der Waals surface area contributed by atoms with E-state index in [2.05, 4.69) is 20.2 Å². The summed E-state index contributed by atoms with van der Waals surface area (Å²) < 4.78 is 0.993. The zero-order chi connectivity index (χ0) is 20.1. The minimum atomic E-state index is -0.558. The molecule has 0 saturated carbocycles. The van der Waals surface area contributed by atoms with Crippen molar-refractivity contribution in [3.63, 3.8) is 0 Å². The largest absolute Gasteiger partial charge is 0.350 e. The number of aromatic amines is 2. The third-order valence-corrected chi connectivity index (χ3v) is 5.04. The molecule has 0 fully saturated rings. The maximum atomic E-state index is 13.2. The monoisotopic (exact) mass is 383 g/mol. The second-order valence-corrected chi connectivity index (χ2v) is 7.12. The number of rotatable bonds is 2. The van der Waals surface area contributed by atoms with Crippen LogP contribution in [0.5, 0.6) is 0 Å². The molecule has 0 bridgehead atoms. The molecule has 0 amide bonds. The summed E-state index contributed by atoms with van der Waals surface area (Å²) in [5, 5.41) is 5.34. The average Bonchev–Trinajstić information content (AvgIpc) is 3.09. The Kier molecular flexibility index (Phi) is 3.70. The van der Waals surface area contributed by atoms with Crippen molar-refractivity contribution < 1.29 is 0 Å². The molecule has 0 saturated heterocycles. The highest BCUT2D eigenvalue weighted by Gasteiger charge is 2.17. The van der Waals surface area contributed by atoms with Gasteiger partial charge >= 0.3 is 5.69 Å². The molecule has 7 heteroatoms. The number of aromatic nitrogens is 5. The van der Waals surface area contributed by atoms with E-state index in [1.807, 2.05) is 68.4 Å². The van der Waals surface area contributed by atoms with Crippen molar-refractivity contribution in [2.24, 2.45) is 0 Å². The van der Waals surface area contributed by atoms with Crippen molar-refractivity contribution >= 4 is 16.8 Å². The number of hydrogen-bond acceptors (Lipinski definition) is 4. The molecule has 3 aromatic heterocycles. The lowest BCUT2D eigenvalue weighted by molar-refractivity contribution is 1.000. The summed E-state index contributed by atoms with van der Waals surface area (Å²) in [6.45, 7) is 4.03. The van der Waals surface area contributed by atoms with Crippen LogP contribution in [-0.2, 0) is 0 Å². The van der Waals surface area contributed by atoms with Crippen LogP contribution in [0.1, 0.15) is 11.1 Å². The van der Waals surface area contributed by atoms with Crippen LogP contribution in [0, 0.1) is 13.8 Å². The quantitative estimate of drug-likeness (QED) is 0.489. The summed E-state index contributed by atoms with van der Waals surface area (Å²) >= 11 is 0. The van der Waals surface area contributed by atoms with E-state index in [0.29, 0.717) is 22.3 Å². The van der Waals surface area contributed by atoms with Gasteiger partial charge in [0.15, 0.2) is 5.65 Å². The molecule has 29 heavy (non-hydrogen) atoms. The van der Waals surface area contributed by atoms with E-state index in [9.17, 15) is 9.59 Å². The summed E-state index contributed by atoms with van der Waals surface area (Å²) in [7, 11) is 0. The van der Waals surface area contributed by atoms with Crippen molar-refractivity contribution in [3.8, 4) is 22.4 Å². The predicted molar refractivity (Wildman–Crippen MR) is 112 cm³/mol. The summed E-state index contributed by atoms with van der Waals surface area (Å²) in [5.74, 6) is 0.135. The fourth-order valence-corrected chi connectivity index (χ4v) is 3.45. The molecule has 5 rings (SSSR count). The van der Waals surface area contributed by atoms with Crippen LogP contribution in [0.25, 0.3) is 39.2 Å². The number of H-pyrrole nitrogens is 2. The molecule has 2 aromatic carbocycles. The van der Waals surface area contributed by atoms with Gasteiger partial charge in [0.05, 0.1) is 11.1 Å². The third kappa shape index (κ3) is 2.75. The topological polar surface area (TPSA) is 95.9 Å².